The van der Waals surface area contributed by atoms with E-state index in [-0.39, 0.29) is 5.69 Å². The molecule has 2 heterocycles. The van der Waals surface area contributed by atoms with Gasteiger partial charge in [0.25, 0.3) is 5.69 Å². The molecular formula is C21H18N4O2. The zero-order valence-corrected chi connectivity index (χ0v) is 15.3. The Kier molecular flexibility index (Phi) is 4.86. The molecule has 0 N–H and O–H groups in total. The van der Waals surface area contributed by atoms with Gasteiger partial charge in [0.15, 0.2) is 0 Å². The smallest absolute Gasteiger partial charge is 0.270 e. The van der Waals surface area contributed by atoms with Crippen LogP contribution in [0.3, 0.4) is 0 Å². The summed E-state index contributed by atoms with van der Waals surface area (Å²) in [5.41, 5.74) is 4.74. The summed E-state index contributed by atoms with van der Waals surface area (Å²) < 4.78 is 2.02. The van der Waals surface area contributed by atoms with Crippen molar-refractivity contribution in [3.05, 3.63) is 86.9 Å². The third-order valence-electron chi connectivity index (χ3n) is 4.38. The molecule has 2 aromatic heterocycles. The van der Waals surface area contributed by atoms with Crippen molar-refractivity contribution in [1.82, 2.24) is 9.55 Å². The number of nitro groups is 1. The van der Waals surface area contributed by atoms with Crippen LogP contribution in [0.2, 0.25) is 0 Å². The topological polar surface area (TPSA) is 84.8 Å². The van der Waals surface area contributed by atoms with Crippen molar-refractivity contribution in [2.24, 2.45) is 0 Å². The largest absolute Gasteiger partial charge is 0.303 e. The van der Waals surface area contributed by atoms with E-state index in [1.54, 1.807) is 18.2 Å². The molecule has 0 saturated heterocycles. The second-order valence-corrected chi connectivity index (χ2v) is 6.33. The number of pyridine rings is 1. The Labute approximate surface area is 157 Å². The fraction of sp³-hybridized carbons (Fsp3) is 0.143. The van der Waals surface area contributed by atoms with E-state index in [1.165, 1.54) is 12.1 Å². The molecule has 0 unspecified atom stereocenters. The lowest BCUT2D eigenvalue weighted by Gasteiger charge is -2.08. The van der Waals surface area contributed by atoms with Crippen LogP contribution in [-0.2, 0) is 0 Å². The van der Waals surface area contributed by atoms with E-state index in [9.17, 15) is 15.4 Å². The van der Waals surface area contributed by atoms with Gasteiger partial charge in [0, 0.05) is 29.7 Å². The number of hydrogen-bond acceptors (Lipinski definition) is 4. The Bertz CT molecular complexity index is 1090. The molecule has 0 saturated carbocycles. The summed E-state index contributed by atoms with van der Waals surface area (Å²) in [7, 11) is 0. The van der Waals surface area contributed by atoms with Crippen molar-refractivity contribution in [2.45, 2.75) is 20.8 Å². The van der Waals surface area contributed by atoms with E-state index < -0.39 is 4.92 Å². The van der Waals surface area contributed by atoms with Gasteiger partial charge in [0.1, 0.15) is 5.82 Å². The number of nitro benzene ring substituents is 1. The highest BCUT2D eigenvalue weighted by Crippen LogP contribution is 2.26. The molecule has 0 spiro atoms. The van der Waals surface area contributed by atoms with Gasteiger partial charge in [-0.1, -0.05) is 18.2 Å². The second kappa shape index (κ2) is 7.26. The third-order valence-corrected chi connectivity index (χ3v) is 4.38. The molecule has 6 heteroatoms. The van der Waals surface area contributed by atoms with E-state index >= 15 is 0 Å². The van der Waals surface area contributed by atoms with Crippen LogP contribution in [0.5, 0.6) is 0 Å². The number of hydrogen-bond donors (Lipinski definition) is 0. The zero-order valence-electron chi connectivity index (χ0n) is 15.3. The first kappa shape index (κ1) is 18.1. The monoisotopic (exact) mass is 358 g/mol. The van der Waals surface area contributed by atoms with E-state index in [0.717, 1.165) is 28.3 Å². The minimum atomic E-state index is -0.465. The van der Waals surface area contributed by atoms with Gasteiger partial charge < -0.3 is 4.57 Å². The maximum Gasteiger partial charge on any atom is 0.270 e. The molecule has 0 radical (unpaired) electrons. The number of non-ortho nitro benzene ring substituents is 1. The lowest BCUT2D eigenvalue weighted by Crippen LogP contribution is -2.01. The molecule has 1 aromatic carbocycles. The van der Waals surface area contributed by atoms with E-state index in [2.05, 4.69) is 11.1 Å². The van der Waals surface area contributed by atoms with Gasteiger partial charge in [0.05, 0.1) is 16.6 Å². The van der Waals surface area contributed by atoms with Gasteiger partial charge in [-0.05, 0) is 55.7 Å². The number of nitrogens with zero attached hydrogens (tertiary/aromatic N) is 4. The molecule has 6 nitrogen and oxygen atoms in total. The highest BCUT2D eigenvalue weighted by atomic mass is 16.6. The van der Waals surface area contributed by atoms with Crippen molar-refractivity contribution in [2.75, 3.05) is 0 Å². The fourth-order valence-electron chi connectivity index (χ4n) is 3.00. The summed E-state index contributed by atoms with van der Waals surface area (Å²) >= 11 is 0. The van der Waals surface area contributed by atoms with Crippen LogP contribution in [0, 0.1) is 42.2 Å². The van der Waals surface area contributed by atoms with Crippen LogP contribution >= 0.6 is 0 Å². The lowest BCUT2D eigenvalue weighted by atomic mass is 10.0. The van der Waals surface area contributed by atoms with Crippen molar-refractivity contribution in [1.29, 1.82) is 5.26 Å². The quantitative estimate of drug-likeness (QED) is 0.382. The molecule has 134 valence electrons. The molecular weight excluding hydrogens is 340 g/mol. The highest BCUT2D eigenvalue weighted by molar-refractivity contribution is 5.90. The predicted molar refractivity (Wildman–Crippen MR) is 104 cm³/mol. The normalized spacial score (nSPS) is 11.3. The summed E-state index contributed by atoms with van der Waals surface area (Å²) in [6, 6.07) is 14.2. The minimum Gasteiger partial charge on any atom is -0.303 e. The standard InChI is InChI=1S/C21H18N4O2/c1-14-7-8-21(23-13-14)24-15(2)9-18(16(24)3)10-19(12-22)17-5-4-6-20(11-17)25(26)27/h4-11,13H,1-3H3. The first-order valence-corrected chi connectivity index (χ1v) is 8.39. The molecule has 0 atom stereocenters. The molecule has 3 aromatic rings. The van der Waals surface area contributed by atoms with Gasteiger partial charge in [-0.2, -0.15) is 5.26 Å². The SMILES string of the molecule is Cc1ccc(-n2c(C)cc(C=C(C#N)c3cccc([N+](=O)[O-])c3)c2C)nc1. The van der Waals surface area contributed by atoms with E-state index in [4.69, 9.17) is 0 Å². The van der Waals surface area contributed by atoms with Gasteiger partial charge in [-0.15, -0.1) is 0 Å². The minimum absolute atomic E-state index is 0.0389. The van der Waals surface area contributed by atoms with Crippen LogP contribution in [0.25, 0.3) is 17.5 Å². The van der Waals surface area contributed by atoms with Gasteiger partial charge in [-0.3, -0.25) is 10.1 Å². The van der Waals surface area contributed by atoms with Gasteiger partial charge in [0.2, 0.25) is 0 Å². The summed E-state index contributed by atoms with van der Waals surface area (Å²) in [5, 5.41) is 20.6. The molecule has 0 aliphatic rings. The average Bonchev–Trinajstić information content (AvgIpc) is 2.94. The molecule has 0 amide bonds. The maximum absolute atomic E-state index is 11.0. The molecule has 0 aliphatic carbocycles. The molecule has 0 aliphatic heterocycles. The van der Waals surface area contributed by atoms with Crippen molar-refractivity contribution < 1.29 is 4.92 Å². The summed E-state index contributed by atoms with van der Waals surface area (Å²) in [4.78, 5) is 15.0. The predicted octanol–water partition coefficient (Wildman–Crippen LogP) is 4.77. The Morgan fingerprint density at radius 1 is 1.22 bits per heavy atom. The lowest BCUT2D eigenvalue weighted by molar-refractivity contribution is -0.384. The number of allylic oxidation sites excluding steroid dienone is 1. The Balaban J connectivity index is 2.07. The number of nitriles is 1. The Hall–Kier alpha value is -3.72. The van der Waals surface area contributed by atoms with Crippen LogP contribution in [0.4, 0.5) is 5.69 Å². The number of aromatic nitrogens is 2. The fourth-order valence-corrected chi connectivity index (χ4v) is 3.00. The summed E-state index contributed by atoms with van der Waals surface area (Å²) in [6.45, 7) is 5.92. The maximum atomic E-state index is 11.0. The number of rotatable bonds is 4. The van der Waals surface area contributed by atoms with Crippen molar-refractivity contribution in [3.8, 4) is 11.9 Å². The summed E-state index contributed by atoms with van der Waals surface area (Å²) in [6.07, 6.45) is 3.57. The second-order valence-electron chi connectivity index (χ2n) is 6.33. The van der Waals surface area contributed by atoms with Gasteiger partial charge in [-0.25, -0.2) is 4.98 Å². The van der Waals surface area contributed by atoms with Crippen LogP contribution < -0.4 is 0 Å². The molecule has 0 bridgehead atoms. The third kappa shape index (κ3) is 3.62. The first-order chi connectivity index (χ1) is 12.9. The highest BCUT2D eigenvalue weighted by Gasteiger charge is 2.13. The van der Waals surface area contributed by atoms with Crippen LogP contribution in [0.15, 0.2) is 48.7 Å². The first-order valence-electron chi connectivity index (χ1n) is 8.39. The Morgan fingerprint density at radius 2 is 2.00 bits per heavy atom. The van der Waals surface area contributed by atoms with Crippen LogP contribution in [-0.4, -0.2) is 14.5 Å². The molecule has 27 heavy (non-hydrogen) atoms. The van der Waals surface area contributed by atoms with Crippen LogP contribution in [0.1, 0.15) is 28.1 Å². The number of aryl methyl sites for hydroxylation is 2. The Morgan fingerprint density at radius 3 is 2.63 bits per heavy atom. The average molecular weight is 358 g/mol. The van der Waals surface area contributed by atoms with Crippen molar-refractivity contribution in [3.63, 3.8) is 0 Å². The zero-order chi connectivity index (χ0) is 19.6. The molecule has 3 rings (SSSR count). The number of benzene rings is 1. The van der Waals surface area contributed by atoms with Crippen molar-refractivity contribution >= 4 is 17.3 Å². The molecule has 0 fully saturated rings. The van der Waals surface area contributed by atoms with Gasteiger partial charge >= 0.3 is 0 Å². The summed E-state index contributed by atoms with van der Waals surface area (Å²) in [5.74, 6) is 0.809. The van der Waals surface area contributed by atoms with E-state index in [1.807, 2.05) is 49.7 Å². The van der Waals surface area contributed by atoms with E-state index in [0.29, 0.717) is 11.1 Å².